The van der Waals surface area contributed by atoms with Gasteiger partial charge in [0.25, 0.3) is 10.0 Å². The molecule has 2 rings (SSSR count). The highest BCUT2D eigenvalue weighted by Gasteiger charge is 2.16. The molecule has 0 unspecified atom stereocenters. The van der Waals surface area contributed by atoms with Crippen LogP contribution in [0.5, 0.6) is 5.75 Å². The molecule has 0 aromatic heterocycles. The molecule has 0 heterocycles. The number of hydrogen-bond donors (Lipinski definition) is 1. The molecule has 0 bridgehead atoms. The van der Waals surface area contributed by atoms with Crippen molar-refractivity contribution in [2.75, 3.05) is 11.8 Å². The van der Waals surface area contributed by atoms with E-state index >= 15 is 0 Å². The maximum atomic E-state index is 12.5. The predicted molar refractivity (Wildman–Crippen MR) is 90.1 cm³/mol. The second-order valence-corrected chi connectivity index (χ2v) is 6.57. The quantitative estimate of drug-likeness (QED) is 0.640. The molecule has 5 nitrogen and oxygen atoms in total. The van der Waals surface area contributed by atoms with Gasteiger partial charge >= 0.3 is 0 Å². The fourth-order valence-electron chi connectivity index (χ4n) is 1.88. The lowest BCUT2D eigenvalue weighted by Gasteiger charge is -2.11. The van der Waals surface area contributed by atoms with Crippen LogP contribution < -0.4 is 9.46 Å². The smallest absolute Gasteiger partial charge is 0.262 e. The van der Waals surface area contributed by atoms with Gasteiger partial charge in [-0.2, -0.15) is 0 Å². The molecule has 23 heavy (non-hydrogen) atoms. The molecule has 0 aliphatic carbocycles. The summed E-state index contributed by atoms with van der Waals surface area (Å²) in [6, 6.07) is 12.8. The molecular formula is C16H14ClNO4S. The van der Waals surface area contributed by atoms with E-state index in [-0.39, 0.29) is 4.90 Å². The minimum atomic E-state index is -3.79. The van der Waals surface area contributed by atoms with Gasteiger partial charge in [-0.3, -0.25) is 9.52 Å². The van der Waals surface area contributed by atoms with Crippen LogP contribution in [0.3, 0.4) is 0 Å². The van der Waals surface area contributed by atoms with Gasteiger partial charge in [-0.15, -0.1) is 0 Å². The van der Waals surface area contributed by atoms with Crippen LogP contribution in [-0.4, -0.2) is 20.8 Å². The van der Waals surface area contributed by atoms with Crippen molar-refractivity contribution >= 4 is 38.6 Å². The molecule has 2 aromatic carbocycles. The number of halogens is 1. The Balaban J connectivity index is 2.33. The van der Waals surface area contributed by atoms with Crippen molar-refractivity contribution in [1.29, 1.82) is 0 Å². The van der Waals surface area contributed by atoms with E-state index in [2.05, 4.69) is 4.72 Å². The summed E-state index contributed by atoms with van der Waals surface area (Å²) in [6.07, 6.45) is 2.60. The third-order valence-corrected chi connectivity index (χ3v) is 4.42. The number of carbonyl (C=O) groups is 1. The zero-order valence-electron chi connectivity index (χ0n) is 12.2. The monoisotopic (exact) mass is 351 g/mol. The van der Waals surface area contributed by atoms with Crippen molar-refractivity contribution in [2.24, 2.45) is 0 Å². The number of anilines is 1. The van der Waals surface area contributed by atoms with Gasteiger partial charge < -0.3 is 4.74 Å². The second-order valence-electron chi connectivity index (χ2n) is 4.52. The van der Waals surface area contributed by atoms with E-state index in [4.69, 9.17) is 16.3 Å². The number of benzene rings is 2. The van der Waals surface area contributed by atoms with Crippen LogP contribution in [0.15, 0.2) is 59.5 Å². The normalized spacial score (nSPS) is 11.4. The van der Waals surface area contributed by atoms with Gasteiger partial charge in [0.05, 0.1) is 17.7 Å². The number of carbonyl (C=O) groups excluding carboxylic acids is 1. The first-order chi connectivity index (χ1) is 10.9. The van der Waals surface area contributed by atoms with Gasteiger partial charge in [0.2, 0.25) is 5.24 Å². The lowest BCUT2D eigenvalue weighted by atomic mass is 10.2. The van der Waals surface area contributed by atoms with Crippen molar-refractivity contribution < 1.29 is 17.9 Å². The lowest BCUT2D eigenvalue weighted by Crippen LogP contribution is -2.13. The average Bonchev–Trinajstić information content (AvgIpc) is 2.53. The fourth-order valence-corrected chi connectivity index (χ4v) is 3.07. The molecule has 0 amide bonds. The van der Waals surface area contributed by atoms with Crippen LogP contribution in [0.2, 0.25) is 0 Å². The van der Waals surface area contributed by atoms with Crippen LogP contribution in [0.1, 0.15) is 5.56 Å². The SMILES string of the molecule is COc1ccccc1NS(=O)(=O)c1cccc(/C=C/C(=O)Cl)c1. The number of para-hydroxylation sites is 2. The number of nitrogens with one attached hydrogen (secondary N) is 1. The second kappa shape index (κ2) is 7.30. The van der Waals surface area contributed by atoms with Gasteiger partial charge in [0, 0.05) is 0 Å². The van der Waals surface area contributed by atoms with Crippen LogP contribution >= 0.6 is 11.6 Å². The molecule has 7 heteroatoms. The van der Waals surface area contributed by atoms with Gasteiger partial charge in [0.15, 0.2) is 0 Å². The van der Waals surface area contributed by atoms with Gasteiger partial charge in [0.1, 0.15) is 5.75 Å². The largest absolute Gasteiger partial charge is 0.495 e. The molecule has 0 aliphatic rings. The molecule has 2 aromatic rings. The fraction of sp³-hybridized carbons (Fsp3) is 0.0625. The van der Waals surface area contributed by atoms with E-state index in [0.29, 0.717) is 17.0 Å². The van der Waals surface area contributed by atoms with Crippen molar-refractivity contribution in [3.8, 4) is 5.75 Å². The van der Waals surface area contributed by atoms with Crippen molar-refractivity contribution in [3.05, 3.63) is 60.2 Å². The maximum absolute atomic E-state index is 12.5. The van der Waals surface area contributed by atoms with Crippen molar-refractivity contribution in [3.63, 3.8) is 0 Å². The highest BCUT2D eigenvalue weighted by atomic mass is 35.5. The summed E-state index contributed by atoms with van der Waals surface area (Å²) in [7, 11) is -2.33. The van der Waals surface area contributed by atoms with Crippen LogP contribution in [0.4, 0.5) is 5.69 Å². The maximum Gasteiger partial charge on any atom is 0.262 e. The van der Waals surface area contributed by atoms with Gasteiger partial charge in [-0.1, -0.05) is 30.3 Å². The van der Waals surface area contributed by atoms with Gasteiger partial charge in [-0.05, 0) is 47.5 Å². The predicted octanol–water partition coefficient (Wildman–Crippen LogP) is 3.27. The molecule has 0 saturated carbocycles. The molecule has 0 saturated heterocycles. The van der Waals surface area contributed by atoms with Crippen molar-refractivity contribution in [1.82, 2.24) is 0 Å². The first-order valence-electron chi connectivity index (χ1n) is 6.56. The first kappa shape index (κ1) is 17.1. The molecule has 0 radical (unpaired) electrons. The first-order valence-corrected chi connectivity index (χ1v) is 8.42. The Morgan fingerprint density at radius 2 is 1.91 bits per heavy atom. The van der Waals surface area contributed by atoms with Gasteiger partial charge in [-0.25, -0.2) is 8.42 Å². The summed E-state index contributed by atoms with van der Waals surface area (Å²) in [4.78, 5) is 10.8. The minimum absolute atomic E-state index is 0.0626. The number of sulfonamides is 1. The third-order valence-electron chi connectivity index (χ3n) is 2.93. The molecule has 0 fully saturated rings. The summed E-state index contributed by atoms with van der Waals surface area (Å²) in [6.45, 7) is 0. The Hall–Kier alpha value is -2.31. The number of rotatable bonds is 6. The van der Waals surface area contributed by atoms with E-state index in [9.17, 15) is 13.2 Å². The average molecular weight is 352 g/mol. The number of allylic oxidation sites excluding steroid dienone is 1. The molecule has 0 aliphatic heterocycles. The van der Waals surface area contributed by atoms with E-state index < -0.39 is 15.3 Å². The zero-order valence-corrected chi connectivity index (χ0v) is 13.8. The van der Waals surface area contributed by atoms with Crippen LogP contribution in [0.25, 0.3) is 6.08 Å². The standard InChI is InChI=1S/C16H14ClNO4S/c1-22-15-8-3-2-7-14(15)18-23(20,21)13-6-4-5-12(11-13)9-10-16(17)19/h2-11,18H,1H3/b10-9+. The van der Waals surface area contributed by atoms with Crippen LogP contribution in [-0.2, 0) is 14.8 Å². The van der Waals surface area contributed by atoms with E-state index in [1.165, 1.54) is 25.3 Å². The van der Waals surface area contributed by atoms with E-state index in [0.717, 1.165) is 6.08 Å². The Morgan fingerprint density at radius 3 is 2.61 bits per heavy atom. The summed E-state index contributed by atoms with van der Waals surface area (Å²) in [5.74, 6) is 0.417. The molecular weight excluding hydrogens is 338 g/mol. The Kier molecular flexibility index (Phi) is 5.41. The minimum Gasteiger partial charge on any atom is -0.495 e. The molecule has 0 spiro atoms. The summed E-state index contributed by atoms with van der Waals surface area (Å²) in [5.41, 5.74) is 0.883. The zero-order chi connectivity index (χ0) is 16.9. The summed E-state index contributed by atoms with van der Waals surface area (Å²) < 4.78 is 32.6. The lowest BCUT2D eigenvalue weighted by molar-refractivity contribution is -0.107. The third kappa shape index (κ3) is 4.58. The number of ether oxygens (including phenoxy) is 1. The highest BCUT2D eigenvalue weighted by Crippen LogP contribution is 2.26. The molecule has 0 atom stereocenters. The molecule has 120 valence electrons. The Labute approximate surface area is 139 Å². The topological polar surface area (TPSA) is 72.5 Å². The number of methoxy groups -OCH3 is 1. The van der Waals surface area contributed by atoms with Crippen LogP contribution in [0, 0.1) is 0 Å². The van der Waals surface area contributed by atoms with Crippen molar-refractivity contribution in [2.45, 2.75) is 4.90 Å². The highest BCUT2D eigenvalue weighted by molar-refractivity contribution is 7.92. The van der Waals surface area contributed by atoms with E-state index in [1.807, 2.05) is 0 Å². The summed E-state index contributed by atoms with van der Waals surface area (Å²) in [5, 5.41) is -0.634. The van der Waals surface area contributed by atoms with E-state index in [1.54, 1.807) is 36.4 Å². The summed E-state index contributed by atoms with van der Waals surface area (Å²) >= 11 is 5.23. The Bertz CT molecular complexity index is 847. The number of hydrogen-bond acceptors (Lipinski definition) is 4. The molecule has 1 N–H and O–H groups in total. The Morgan fingerprint density at radius 1 is 1.17 bits per heavy atom.